The van der Waals surface area contributed by atoms with Crippen molar-refractivity contribution < 1.29 is 9.53 Å². The number of carbonyl (C=O) groups excluding carboxylic acids is 1. The molecule has 0 unspecified atom stereocenters. The minimum atomic E-state index is -0.571. The first-order valence-electron chi connectivity index (χ1n) is 6.60. The lowest BCUT2D eigenvalue weighted by molar-refractivity contribution is -0.140. The normalized spacial score (nSPS) is 12.2. The van der Waals surface area contributed by atoms with Crippen molar-refractivity contribution in [1.29, 1.82) is 0 Å². The highest BCUT2D eigenvalue weighted by Gasteiger charge is 2.26. The van der Waals surface area contributed by atoms with Crippen molar-refractivity contribution >= 4 is 45.8 Å². The maximum Gasteiger partial charge on any atom is 0.323 e. The van der Waals surface area contributed by atoms with E-state index in [1.54, 1.807) is 6.07 Å². The van der Waals surface area contributed by atoms with Crippen LogP contribution in [0.2, 0.25) is 5.02 Å². The Morgan fingerprint density at radius 2 is 2.09 bits per heavy atom. The summed E-state index contributed by atoms with van der Waals surface area (Å²) in [6.45, 7) is 4.05. The quantitative estimate of drug-likeness (QED) is 0.622. The molecule has 0 amide bonds. The average Bonchev–Trinajstić information content (AvgIpc) is 2.91. The molecule has 1 N–H and O–H groups in total. The second-order valence-electron chi connectivity index (χ2n) is 4.71. The number of halogens is 1. The molecule has 0 spiro atoms. The van der Waals surface area contributed by atoms with Crippen LogP contribution in [-0.4, -0.2) is 29.3 Å². The van der Waals surface area contributed by atoms with E-state index in [2.05, 4.69) is 15.5 Å². The van der Waals surface area contributed by atoms with Gasteiger partial charge in [-0.3, -0.25) is 4.79 Å². The van der Waals surface area contributed by atoms with Gasteiger partial charge in [-0.2, -0.15) is 0 Å². The zero-order chi connectivity index (χ0) is 16.1. The fourth-order valence-corrected chi connectivity index (χ4v) is 4.16. The summed E-state index contributed by atoms with van der Waals surface area (Å²) in [6.07, 6.45) is 0. The van der Waals surface area contributed by atoms with Crippen LogP contribution in [0.3, 0.4) is 0 Å². The molecule has 5 nitrogen and oxygen atoms in total. The Balaban J connectivity index is 2.22. The predicted octanol–water partition coefficient (Wildman–Crippen LogP) is 4.02. The number of methoxy groups -OCH3 is 1. The zero-order valence-corrected chi connectivity index (χ0v) is 14.8. The SMILES string of the molecule is COC(=O)[C@H](Sc1nnc(NC(C)C)s1)c1ccccc1Cl. The molecule has 1 atom stereocenters. The minimum Gasteiger partial charge on any atom is -0.468 e. The van der Waals surface area contributed by atoms with Gasteiger partial charge >= 0.3 is 5.97 Å². The van der Waals surface area contributed by atoms with Crippen LogP contribution in [0.4, 0.5) is 5.13 Å². The van der Waals surface area contributed by atoms with Gasteiger partial charge in [0.25, 0.3) is 0 Å². The van der Waals surface area contributed by atoms with E-state index >= 15 is 0 Å². The molecule has 2 aromatic rings. The topological polar surface area (TPSA) is 64.1 Å². The van der Waals surface area contributed by atoms with Crippen molar-refractivity contribution in [3.8, 4) is 0 Å². The highest BCUT2D eigenvalue weighted by atomic mass is 35.5. The van der Waals surface area contributed by atoms with Crippen molar-refractivity contribution in [2.75, 3.05) is 12.4 Å². The van der Waals surface area contributed by atoms with Crippen molar-refractivity contribution in [3.63, 3.8) is 0 Å². The summed E-state index contributed by atoms with van der Waals surface area (Å²) in [6, 6.07) is 7.49. The minimum absolute atomic E-state index is 0.269. The Bertz CT molecular complexity index is 649. The number of thioether (sulfide) groups is 1. The first-order valence-corrected chi connectivity index (χ1v) is 8.67. The third-order valence-electron chi connectivity index (χ3n) is 2.64. The maximum absolute atomic E-state index is 12.1. The number of hydrogen-bond donors (Lipinski definition) is 1. The lowest BCUT2D eigenvalue weighted by Crippen LogP contribution is -2.11. The van der Waals surface area contributed by atoms with E-state index in [1.807, 2.05) is 32.0 Å². The number of nitrogens with zero attached hydrogens (tertiary/aromatic N) is 2. The molecule has 1 aromatic carbocycles. The standard InChI is InChI=1S/C14H16ClN3O2S2/c1-8(2)16-13-17-18-14(22-13)21-11(12(19)20-3)9-6-4-5-7-10(9)15/h4-8,11H,1-3H3,(H,16,17)/t11-/m1/s1. The van der Waals surface area contributed by atoms with Crippen LogP contribution in [0.25, 0.3) is 0 Å². The smallest absolute Gasteiger partial charge is 0.323 e. The molecule has 2 rings (SSSR count). The van der Waals surface area contributed by atoms with E-state index in [1.165, 1.54) is 30.2 Å². The van der Waals surface area contributed by atoms with Gasteiger partial charge in [0.15, 0.2) is 4.34 Å². The van der Waals surface area contributed by atoms with Gasteiger partial charge in [0.05, 0.1) is 7.11 Å². The van der Waals surface area contributed by atoms with Crippen molar-refractivity contribution in [2.45, 2.75) is 29.5 Å². The van der Waals surface area contributed by atoms with Crippen LogP contribution in [-0.2, 0) is 9.53 Å². The molecule has 0 saturated heterocycles. The van der Waals surface area contributed by atoms with Crippen LogP contribution in [0, 0.1) is 0 Å². The number of benzene rings is 1. The van der Waals surface area contributed by atoms with Crippen molar-refractivity contribution in [3.05, 3.63) is 34.9 Å². The van der Waals surface area contributed by atoms with Gasteiger partial charge in [0.1, 0.15) is 5.25 Å². The van der Waals surface area contributed by atoms with Crippen LogP contribution >= 0.6 is 34.7 Å². The number of esters is 1. The number of hydrogen-bond acceptors (Lipinski definition) is 7. The molecule has 0 radical (unpaired) electrons. The Morgan fingerprint density at radius 1 is 1.36 bits per heavy atom. The number of rotatable bonds is 6. The lowest BCUT2D eigenvalue weighted by atomic mass is 10.1. The van der Waals surface area contributed by atoms with Crippen molar-refractivity contribution in [1.82, 2.24) is 10.2 Å². The van der Waals surface area contributed by atoms with E-state index in [0.717, 1.165) is 5.13 Å². The van der Waals surface area contributed by atoms with E-state index in [0.29, 0.717) is 14.9 Å². The molecular weight excluding hydrogens is 342 g/mol. The second kappa shape index (κ2) is 7.80. The second-order valence-corrected chi connectivity index (χ2v) is 7.45. The fourth-order valence-electron chi connectivity index (χ4n) is 1.70. The van der Waals surface area contributed by atoms with Gasteiger partial charge < -0.3 is 10.1 Å². The van der Waals surface area contributed by atoms with Crippen LogP contribution in [0.5, 0.6) is 0 Å². The fraction of sp³-hybridized carbons (Fsp3) is 0.357. The summed E-state index contributed by atoms with van der Waals surface area (Å²) in [4.78, 5) is 12.1. The first kappa shape index (κ1) is 17.1. The van der Waals surface area contributed by atoms with Crippen LogP contribution in [0.1, 0.15) is 24.7 Å². The maximum atomic E-state index is 12.1. The third kappa shape index (κ3) is 4.34. The van der Waals surface area contributed by atoms with Crippen LogP contribution in [0.15, 0.2) is 28.6 Å². The molecule has 0 aliphatic heterocycles. The number of aromatic nitrogens is 2. The predicted molar refractivity (Wildman–Crippen MR) is 90.7 cm³/mol. The highest BCUT2D eigenvalue weighted by molar-refractivity contribution is 8.01. The van der Waals surface area contributed by atoms with E-state index < -0.39 is 5.25 Å². The zero-order valence-electron chi connectivity index (χ0n) is 12.4. The number of nitrogens with one attached hydrogen (secondary N) is 1. The van der Waals surface area contributed by atoms with Gasteiger partial charge in [0, 0.05) is 11.1 Å². The van der Waals surface area contributed by atoms with E-state index in [4.69, 9.17) is 16.3 Å². The number of anilines is 1. The Morgan fingerprint density at radius 3 is 2.73 bits per heavy atom. The van der Waals surface area contributed by atoms with Gasteiger partial charge in [0.2, 0.25) is 5.13 Å². The molecule has 0 fully saturated rings. The number of carbonyl (C=O) groups is 1. The van der Waals surface area contributed by atoms with E-state index in [9.17, 15) is 4.79 Å². The first-order chi connectivity index (χ1) is 10.5. The van der Waals surface area contributed by atoms with Gasteiger partial charge in [-0.25, -0.2) is 0 Å². The Hall–Kier alpha value is -1.31. The monoisotopic (exact) mass is 357 g/mol. The lowest BCUT2D eigenvalue weighted by Gasteiger charge is -2.14. The van der Waals surface area contributed by atoms with Crippen molar-refractivity contribution in [2.24, 2.45) is 0 Å². The van der Waals surface area contributed by atoms with Crippen LogP contribution < -0.4 is 5.32 Å². The Kier molecular flexibility index (Phi) is 6.05. The van der Waals surface area contributed by atoms with E-state index in [-0.39, 0.29) is 12.0 Å². The molecule has 1 aromatic heterocycles. The summed E-state index contributed by atoms with van der Waals surface area (Å²) in [7, 11) is 1.36. The Labute approximate surface area is 142 Å². The summed E-state index contributed by atoms with van der Waals surface area (Å²) in [5.74, 6) is -0.369. The van der Waals surface area contributed by atoms with Gasteiger partial charge in [-0.15, -0.1) is 10.2 Å². The van der Waals surface area contributed by atoms with Gasteiger partial charge in [-0.1, -0.05) is 52.9 Å². The molecular formula is C14H16ClN3O2S2. The largest absolute Gasteiger partial charge is 0.468 e. The molecule has 0 saturated carbocycles. The molecule has 0 aliphatic carbocycles. The third-order valence-corrected chi connectivity index (χ3v) is 5.14. The molecule has 0 bridgehead atoms. The highest BCUT2D eigenvalue weighted by Crippen LogP contribution is 2.40. The van der Waals surface area contributed by atoms with Gasteiger partial charge in [-0.05, 0) is 25.5 Å². The molecule has 1 heterocycles. The number of ether oxygens (including phenoxy) is 1. The molecule has 118 valence electrons. The molecule has 8 heteroatoms. The summed E-state index contributed by atoms with van der Waals surface area (Å²) < 4.78 is 5.57. The molecule has 22 heavy (non-hydrogen) atoms. The molecule has 0 aliphatic rings. The average molecular weight is 358 g/mol. The summed E-state index contributed by atoms with van der Waals surface area (Å²) >= 11 is 8.87. The summed E-state index contributed by atoms with van der Waals surface area (Å²) in [5.41, 5.74) is 0.703. The summed E-state index contributed by atoms with van der Waals surface area (Å²) in [5, 5.41) is 12.0.